The number of ether oxygens (including phenoxy) is 1. The van der Waals surface area contributed by atoms with Crippen LogP contribution in [0.1, 0.15) is 31.4 Å². The SMILES string of the molecule is CCSCCC(C)NCCc1ccc2c(c1)CCO2. The fourth-order valence-electron chi connectivity index (χ4n) is 2.36. The normalized spacial score (nSPS) is 15.1. The van der Waals surface area contributed by atoms with E-state index in [0.717, 1.165) is 31.7 Å². The van der Waals surface area contributed by atoms with Crippen molar-refractivity contribution in [2.45, 2.75) is 39.2 Å². The highest BCUT2D eigenvalue weighted by Gasteiger charge is 2.11. The van der Waals surface area contributed by atoms with Gasteiger partial charge >= 0.3 is 0 Å². The molecule has 0 saturated carbocycles. The van der Waals surface area contributed by atoms with Crippen LogP contribution in [0.2, 0.25) is 0 Å². The molecule has 1 aromatic carbocycles. The maximum Gasteiger partial charge on any atom is 0.122 e. The van der Waals surface area contributed by atoms with Crippen LogP contribution in [0.25, 0.3) is 0 Å². The van der Waals surface area contributed by atoms with Crippen LogP contribution in [0.4, 0.5) is 0 Å². The molecule has 0 aliphatic carbocycles. The van der Waals surface area contributed by atoms with Crippen molar-refractivity contribution in [3.05, 3.63) is 29.3 Å². The van der Waals surface area contributed by atoms with Gasteiger partial charge in [-0.05, 0) is 55.0 Å². The van der Waals surface area contributed by atoms with E-state index in [4.69, 9.17) is 4.74 Å². The molecule has 3 heteroatoms. The third-order valence-corrected chi connectivity index (χ3v) is 4.49. The number of hydrogen-bond donors (Lipinski definition) is 1. The molecule has 0 spiro atoms. The molecule has 2 nitrogen and oxygen atoms in total. The Morgan fingerprint density at radius 2 is 2.32 bits per heavy atom. The summed E-state index contributed by atoms with van der Waals surface area (Å²) in [5.74, 6) is 3.58. The van der Waals surface area contributed by atoms with E-state index >= 15 is 0 Å². The van der Waals surface area contributed by atoms with Crippen LogP contribution in [0.15, 0.2) is 18.2 Å². The van der Waals surface area contributed by atoms with Crippen LogP contribution in [-0.2, 0) is 12.8 Å². The second-order valence-corrected chi connectivity index (χ2v) is 6.53. The molecule has 1 N–H and O–H groups in total. The van der Waals surface area contributed by atoms with Gasteiger partial charge in [0.1, 0.15) is 5.75 Å². The predicted molar refractivity (Wildman–Crippen MR) is 84.4 cm³/mol. The van der Waals surface area contributed by atoms with Crippen molar-refractivity contribution in [2.24, 2.45) is 0 Å². The van der Waals surface area contributed by atoms with Gasteiger partial charge in [0.15, 0.2) is 0 Å². The lowest BCUT2D eigenvalue weighted by Crippen LogP contribution is -2.28. The molecule has 0 radical (unpaired) electrons. The Morgan fingerprint density at radius 1 is 1.42 bits per heavy atom. The molecular formula is C16H25NOS. The standard InChI is InChI=1S/C16H25NOS/c1-3-19-11-8-13(2)17-9-6-14-4-5-16-15(12-14)7-10-18-16/h4-5,12-13,17H,3,6-11H2,1-2H3. The highest BCUT2D eigenvalue weighted by atomic mass is 32.2. The fourth-order valence-corrected chi connectivity index (χ4v) is 3.17. The summed E-state index contributed by atoms with van der Waals surface area (Å²) in [4.78, 5) is 0. The number of hydrogen-bond acceptors (Lipinski definition) is 3. The Labute approximate surface area is 121 Å². The Hall–Kier alpha value is -0.670. The number of thioether (sulfide) groups is 1. The lowest BCUT2D eigenvalue weighted by molar-refractivity contribution is 0.357. The summed E-state index contributed by atoms with van der Waals surface area (Å²) in [5, 5.41) is 3.61. The summed E-state index contributed by atoms with van der Waals surface area (Å²) in [6.07, 6.45) is 3.44. The first-order valence-corrected chi connectivity index (χ1v) is 8.50. The van der Waals surface area contributed by atoms with E-state index in [1.54, 1.807) is 0 Å². The van der Waals surface area contributed by atoms with Crippen molar-refractivity contribution >= 4 is 11.8 Å². The van der Waals surface area contributed by atoms with Gasteiger partial charge in [0.2, 0.25) is 0 Å². The molecular weight excluding hydrogens is 254 g/mol. The predicted octanol–water partition coefficient (Wildman–Crippen LogP) is 3.29. The zero-order valence-electron chi connectivity index (χ0n) is 12.1. The van der Waals surface area contributed by atoms with Gasteiger partial charge in [-0.2, -0.15) is 11.8 Å². The number of rotatable bonds is 8. The zero-order chi connectivity index (χ0) is 13.5. The van der Waals surface area contributed by atoms with Crippen LogP contribution in [0, 0.1) is 0 Å². The summed E-state index contributed by atoms with van der Waals surface area (Å²) >= 11 is 2.03. The van der Waals surface area contributed by atoms with Crippen molar-refractivity contribution in [2.75, 3.05) is 24.7 Å². The van der Waals surface area contributed by atoms with Gasteiger partial charge in [0.25, 0.3) is 0 Å². The first kappa shape index (κ1) is 14.7. The van der Waals surface area contributed by atoms with Crippen LogP contribution < -0.4 is 10.1 Å². The van der Waals surface area contributed by atoms with Gasteiger partial charge in [-0.1, -0.05) is 19.1 Å². The minimum absolute atomic E-state index is 0.622. The smallest absolute Gasteiger partial charge is 0.122 e. The van der Waals surface area contributed by atoms with Crippen molar-refractivity contribution in [3.63, 3.8) is 0 Å². The quantitative estimate of drug-likeness (QED) is 0.738. The van der Waals surface area contributed by atoms with E-state index in [1.165, 1.54) is 29.1 Å². The molecule has 2 rings (SSSR count). The van der Waals surface area contributed by atoms with E-state index in [9.17, 15) is 0 Å². The van der Waals surface area contributed by atoms with Crippen molar-refractivity contribution in [3.8, 4) is 5.75 Å². The Kier molecular flexibility index (Phi) is 6.05. The van der Waals surface area contributed by atoms with E-state index in [0.29, 0.717) is 6.04 Å². The monoisotopic (exact) mass is 279 g/mol. The van der Waals surface area contributed by atoms with Crippen molar-refractivity contribution in [1.29, 1.82) is 0 Å². The summed E-state index contributed by atoms with van der Waals surface area (Å²) in [5.41, 5.74) is 2.80. The third-order valence-electron chi connectivity index (χ3n) is 3.56. The van der Waals surface area contributed by atoms with Crippen LogP contribution in [0.5, 0.6) is 5.75 Å². The molecule has 19 heavy (non-hydrogen) atoms. The second kappa shape index (κ2) is 7.81. The van der Waals surface area contributed by atoms with Crippen molar-refractivity contribution < 1.29 is 4.74 Å². The molecule has 106 valence electrons. The summed E-state index contributed by atoms with van der Waals surface area (Å²) in [6.45, 7) is 6.42. The molecule has 1 aliphatic heterocycles. The van der Waals surface area contributed by atoms with E-state index in [2.05, 4.69) is 37.4 Å². The van der Waals surface area contributed by atoms with Gasteiger partial charge in [0.05, 0.1) is 6.61 Å². The molecule has 1 heterocycles. The number of nitrogens with one attached hydrogen (secondary N) is 1. The number of fused-ring (bicyclic) bond motifs is 1. The maximum absolute atomic E-state index is 5.53. The van der Waals surface area contributed by atoms with Gasteiger partial charge in [-0.25, -0.2) is 0 Å². The molecule has 1 aromatic rings. The molecule has 0 amide bonds. The molecule has 0 bridgehead atoms. The highest BCUT2D eigenvalue weighted by Crippen LogP contribution is 2.25. The molecule has 0 saturated heterocycles. The lowest BCUT2D eigenvalue weighted by Gasteiger charge is -2.13. The molecule has 0 fully saturated rings. The topological polar surface area (TPSA) is 21.3 Å². The van der Waals surface area contributed by atoms with Gasteiger partial charge in [0, 0.05) is 12.5 Å². The van der Waals surface area contributed by atoms with Crippen LogP contribution in [-0.4, -0.2) is 30.7 Å². The van der Waals surface area contributed by atoms with E-state index in [1.807, 2.05) is 11.8 Å². The van der Waals surface area contributed by atoms with Gasteiger partial charge in [-0.15, -0.1) is 0 Å². The van der Waals surface area contributed by atoms with Gasteiger partial charge in [-0.3, -0.25) is 0 Å². The molecule has 0 aromatic heterocycles. The first-order chi connectivity index (χ1) is 9.29. The Bertz CT molecular complexity index is 394. The number of benzene rings is 1. The summed E-state index contributed by atoms with van der Waals surface area (Å²) in [6, 6.07) is 7.25. The average molecular weight is 279 g/mol. The summed E-state index contributed by atoms with van der Waals surface area (Å²) < 4.78 is 5.53. The average Bonchev–Trinajstić information content (AvgIpc) is 2.86. The van der Waals surface area contributed by atoms with Gasteiger partial charge < -0.3 is 10.1 Å². The lowest BCUT2D eigenvalue weighted by atomic mass is 10.1. The highest BCUT2D eigenvalue weighted by molar-refractivity contribution is 7.99. The molecule has 1 aliphatic rings. The van der Waals surface area contributed by atoms with E-state index in [-0.39, 0.29) is 0 Å². The minimum Gasteiger partial charge on any atom is -0.493 e. The fraction of sp³-hybridized carbons (Fsp3) is 0.625. The first-order valence-electron chi connectivity index (χ1n) is 7.35. The maximum atomic E-state index is 5.53. The Balaban J connectivity index is 1.68. The van der Waals surface area contributed by atoms with E-state index < -0.39 is 0 Å². The third kappa shape index (κ3) is 4.73. The largest absolute Gasteiger partial charge is 0.493 e. The molecule has 1 atom stereocenters. The summed E-state index contributed by atoms with van der Waals surface area (Å²) in [7, 11) is 0. The molecule has 1 unspecified atom stereocenters. The van der Waals surface area contributed by atoms with Crippen molar-refractivity contribution in [1.82, 2.24) is 5.32 Å². The zero-order valence-corrected chi connectivity index (χ0v) is 12.9. The van der Waals surface area contributed by atoms with Crippen LogP contribution >= 0.6 is 11.8 Å². The minimum atomic E-state index is 0.622. The van der Waals surface area contributed by atoms with Crippen LogP contribution in [0.3, 0.4) is 0 Å². The Morgan fingerprint density at radius 3 is 3.16 bits per heavy atom. The second-order valence-electron chi connectivity index (χ2n) is 5.13.